The Kier molecular flexibility index (Phi) is 18.2. The van der Waals surface area contributed by atoms with Crippen LogP contribution in [0.4, 0.5) is 0 Å². The minimum absolute atomic E-state index is 0.0566. The second-order valence-electron chi connectivity index (χ2n) is 16.3. The number of hydrogen-bond acceptors (Lipinski definition) is 8. The van der Waals surface area contributed by atoms with Crippen molar-refractivity contribution in [1.29, 1.82) is 0 Å². The van der Waals surface area contributed by atoms with Crippen LogP contribution >= 0.6 is 0 Å². The lowest BCUT2D eigenvalue weighted by atomic mass is 9.84. The third-order valence-corrected chi connectivity index (χ3v) is 11.4. The van der Waals surface area contributed by atoms with E-state index in [2.05, 4.69) is 75.5 Å². The van der Waals surface area contributed by atoms with Gasteiger partial charge in [-0.1, -0.05) is 105 Å². The molecule has 5 aromatic rings. The van der Waals surface area contributed by atoms with Crippen LogP contribution in [0.5, 0.6) is 23.0 Å². The van der Waals surface area contributed by atoms with Gasteiger partial charge in [0.1, 0.15) is 23.0 Å². The molecule has 10 nitrogen and oxygen atoms in total. The Morgan fingerprint density at radius 2 is 1.41 bits per heavy atom. The minimum Gasteiger partial charge on any atom is -0.497 e. The van der Waals surface area contributed by atoms with E-state index < -0.39 is 23.9 Å². The van der Waals surface area contributed by atoms with Crippen LogP contribution < -0.4 is 35.7 Å². The van der Waals surface area contributed by atoms with Gasteiger partial charge in [-0.05, 0) is 116 Å². The van der Waals surface area contributed by atoms with Crippen molar-refractivity contribution in [2.75, 3.05) is 27.4 Å². The van der Waals surface area contributed by atoms with E-state index in [1.54, 1.807) is 32.4 Å². The largest absolute Gasteiger partial charge is 0.497 e. The average molecular weight is 856 g/mol. The smallest absolute Gasteiger partial charge is 0.255 e. The maximum Gasteiger partial charge on any atom is 0.255 e. The number of primary amides is 1. The van der Waals surface area contributed by atoms with Crippen molar-refractivity contribution in [3.05, 3.63) is 142 Å². The number of amides is 2. The third kappa shape index (κ3) is 14.2. The number of aryl methyl sites for hydroxylation is 4. The first-order valence-corrected chi connectivity index (χ1v) is 22.1. The van der Waals surface area contributed by atoms with Crippen LogP contribution in [0.1, 0.15) is 97.2 Å². The molecule has 0 bridgehead atoms. The molecule has 0 spiro atoms. The van der Waals surface area contributed by atoms with Gasteiger partial charge >= 0.3 is 0 Å². The van der Waals surface area contributed by atoms with Gasteiger partial charge in [0.25, 0.3) is 5.91 Å². The number of hydrogen-bond donors (Lipinski definition) is 3. The van der Waals surface area contributed by atoms with Crippen LogP contribution in [-0.2, 0) is 33.6 Å². The summed E-state index contributed by atoms with van der Waals surface area (Å²) in [5.41, 5.74) is 21.4. The number of benzene rings is 5. The molecule has 0 saturated carbocycles. The molecule has 10 heteroatoms. The lowest BCUT2D eigenvalue weighted by molar-refractivity contribution is -0.128. The maximum absolute atomic E-state index is 14.7. The Labute approximate surface area is 373 Å². The average Bonchev–Trinajstić information content (AvgIpc) is 3.28. The second-order valence-corrected chi connectivity index (χ2v) is 16.3. The first-order chi connectivity index (χ1) is 30.4. The quantitative estimate of drug-likeness (QED) is 0.0492. The summed E-state index contributed by atoms with van der Waals surface area (Å²) < 4.78 is 22.8. The normalized spacial score (nSPS) is 12.5. The SMILES string of the molecule is CCCCCOc1ccc(-c2ccc(C[C@H](N)C(=O)N[C@@H](CCCc3cc(C)cc(C)c3)C(=O)CC(c3ccc(OCC(N)=O)cc3)c3ccc(OC)cc3OC)cc2)c(CC)c1. The van der Waals surface area contributed by atoms with Crippen LogP contribution in [0.3, 0.4) is 0 Å². The molecule has 0 heterocycles. The summed E-state index contributed by atoms with van der Waals surface area (Å²) in [6, 6.07) is 31.9. The molecule has 5 rings (SSSR count). The summed E-state index contributed by atoms with van der Waals surface area (Å²) in [6.45, 7) is 8.94. The molecule has 63 heavy (non-hydrogen) atoms. The fourth-order valence-electron chi connectivity index (χ4n) is 8.07. The number of carbonyl (C=O) groups excluding carboxylic acids is 3. The molecule has 0 aromatic heterocycles. The first-order valence-electron chi connectivity index (χ1n) is 22.1. The molecule has 3 atom stereocenters. The van der Waals surface area contributed by atoms with Crippen LogP contribution in [-0.4, -0.2) is 57.1 Å². The predicted molar refractivity (Wildman–Crippen MR) is 251 cm³/mol. The number of ether oxygens (including phenoxy) is 4. The van der Waals surface area contributed by atoms with Crippen molar-refractivity contribution < 1.29 is 33.3 Å². The lowest BCUT2D eigenvalue weighted by Gasteiger charge is -2.25. The van der Waals surface area contributed by atoms with E-state index in [1.807, 2.05) is 42.5 Å². The van der Waals surface area contributed by atoms with Gasteiger partial charge < -0.3 is 35.7 Å². The Hall–Kier alpha value is -6.13. The molecule has 5 N–H and O–H groups in total. The highest BCUT2D eigenvalue weighted by molar-refractivity contribution is 5.91. The maximum atomic E-state index is 14.7. The van der Waals surface area contributed by atoms with Gasteiger partial charge in [-0.2, -0.15) is 0 Å². The van der Waals surface area contributed by atoms with Crippen molar-refractivity contribution in [3.63, 3.8) is 0 Å². The van der Waals surface area contributed by atoms with Gasteiger partial charge in [-0.15, -0.1) is 0 Å². The molecule has 5 aromatic carbocycles. The topological polar surface area (TPSA) is 152 Å². The Bertz CT molecular complexity index is 2250. The summed E-state index contributed by atoms with van der Waals surface area (Å²) in [5.74, 6) is 0.951. The van der Waals surface area contributed by atoms with Gasteiger partial charge in [0.05, 0.1) is 32.9 Å². The molecule has 0 saturated heterocycles. The van der Waals surface area contributed by atoms with Gasteiger partial charge in [0.2, 0.25) is 5.91 Å². The van der Waals surface area contributed by atoms with Crippen molar-refractivity contribution >= 4 is 17.6 Å². The molecule has 2 amide bonds. The molecular weight excluding hydrogens is 791 g/mol. The zero-order valence-corrected chi connectivity index (χ0v) is 37.8. The highest BCUT2D eigenvalue weighted by atomic mass is 16.5. The number of nitrogens with one attached hydrogen (secondary N) is 1. The molecule has 0 aliphatic rings. The van der Waals surface area contributed by atoms with Crippen molar-refractivity contribution in [2.24, 2.45) is 11.5 Å². The van der Waals surface area contributed by atoms with Crippen LogP contribution in [0.2, 0.25) is 0 Å². The zero-order chi connectivity index (χ0) is 45.3. The number of ketones is 1. The number of carbonyl (C=O) groups is 3. The van der Waals surface area contributed by atoms with Gasteiger partial charge in [0.15, 0.2) is 12.4 Å². The van der Waals surface area contributed by atoms with E-state index in [-0.39, 0.29) is 24.7 Å². The van der Waals surface area contributed by atoms with E-state index in [0.717, 1.165) is 65.7 Å². The minimum atomic E-state index is -0.883. The summed E-state index contributed by atoms with van der Waals surface area (Å²) in [4.78, 5) is 40.0. The fourth-order valence-corrected chi connectivity index (χ4v) is 8.07. The van der Waals surface area contributed by atoms with Gasteiger partial charge in [-0.25, -0.2) is 0 Å². The first kappa shape index (κ1) is 47.9. The summed E-state index contributed by atoms with van der Waals surface area (Å²) >= 11 is 0. The van der Waals surface area contributed by atoms with Crippen LogP contribution in [0.25, 0.3) is 11.1 Å². The van der Waals surface area contributed by atoms with E-state index in [0.29, 0.717) is 43.1 Å². The van der Waals surface area contributed by atoms with Crippen molar-refractivity contribution in [1.82, 2.24) is 5.32 Å². The van der Waals surface area contributed by atoms with E-state index in [1.165, 1.54) is 22.3 Å². The van der Waals surface area contributed by atoms with E-state index >= 15 is 0 Å². The highest BCUT2D eigenvalue weighted by Crippen LogP contribution is 2.38. The standard InChI is InChI=1S/C53H65N3O7/c1-7-9-10-26-62-44-23-24-45(39(8-2)31-44)40-16-14-37(15-17-40)30-48(54)53(59)56-49(13-11-12-38-28-35(3)27-36(4)29-38)50(57)33-47(46-25-22-43(60-5)32-51(46)61-6)41-18-20-42(21-19-41)63-34-52(55)58/h14-25,27-29,31-32,47-49H,7-13,26,30,33-34,54H2,1-6H3,(H2,55,58)(H,56,59)/t47?,48-,49-/m0/s1. The van der Waals surface area contributed by atoms with E-state index in [4.69, 9.17) is 30.4 Å². The molecule has 0 fully saturated rings. The van der Waals surface area contributed by atoms with Gasteiger partial charge in [-0.3, -0.25) is 14.4 Å². The van der Waals surface area contributed by atoms with Crippen molar-refractivity contribution in [2.45, 2.75) is 103 Å². The number of unbranched alkanes of at least 4 members (excludes halogenated alkanes) is 2. The number of nitrogens with two attached hydrogens (primary N) is 2. The fraction of sp³-hybridized carbons (Fsp3) is 0.377. The molecule has 0 radical (unpaired) electrons. The third-order valence-electron chi connectivity index (χ3n) is 11.4. The Balaban J connectivity index is 1.35. The molecule has 0 aliphatic heterocycles. The lowest BCUT2D eigenvalue weighted by Crippen LogP contribution is -2.49. The summed E-state index contributed by atoms with van der Waals surface area (Å²) in [7, 11) is 3.16. The molecule has 334 valence electrons. The Morgan fingerprint density at radius 3 is 2.06 bits per heavy atom. The number of methoxy groups -OCH3 is 2. The monoisotopic (exact) mass is 855 g/mol. The number of rotatable bonds is 25. The zero-order valence-electron chi connectivity index (χ0n) is 37.8. The summed E-state index contributed by atoms with van der Waals surface area (Å²) in [5, 5.41) is 3.08. The summed E-state index contributed by atoms with van der Waals surface area (Å²) in [6.07, 6.45) is 6.42. The Morgan fingerprint density at radius 1 is 0.714 bits per heavy atom. The molecule has 0 aliphatic carbocycles. The van der Waals surface area contributed by atoms with Gasteiger partial charge in [0, 0.05) is 24.0 Å². The van der Waals surface area contributed by atoms with Crippen LogP contribution in [0, 0.1) is 13.8 Å². The van der Waals surface area contributed by atoms with E-state index in [9.17, 15) is 14.4 Å². The predicted octanol–water partition coefficient (Wildman–Crippen LogP) is 9.15. The van der Waals surface area contributed by atoms with Crippen molar-refractivity contribution in [3.8, 4) is 34.1 Å². The second kappa shape index (κ2) is 23.9. The number of Topliss-reactive ketones (excluding diaryl/α,β-unsaturated/α-hetero) is 1. The molecule has 1 unspecified atom stereocenters. The van der Waals surface area contributed by atoms with Crippen LogP contribution in [0.15, 0.2) is 103 Å². The molecular formula is C53H65N3O7. The highest BCUT2D eigenvalue weighted by Gasteiger charge is 2.29.